The van der Waals surface area contributed by atoms with Crippen molar-refractivity contribution in [3.8, 4) is 17.2 Å². The predicted octanol–water partition coefficient (Wildman–Crippen LogP) is 5.04. The molecule has 3 aromatic carbocycles. The molecular weight excluding hydrogens is 408 g/mol. The molecule has 1 aliphatic heterocycles. The molecular formula is C28H24N4O. The van der Waals surface area contributed by atoms with Crippen molar-refractivity contribution >= 4 is 22.6 Å². The molecule has 5 heteroatoms. The molecule has 33 heavy (non-hydrogen) atoms. The SMILES string of the molecule is Cc1ccc(-c2cccc3ccc(N4CCN(C(=O)c5cccc(C#N)c5)CC4)nc23)cc1. The average Bonchev–Trinajstić information content (AvgIpc) is 2.88. The normalized spacial score (nSPS) is 13.7. The van der Waals surface area contributed by atoms with Crippen LogP contribution in [0.15, 0.2) is 78.9 Å². The molecule has 0 spiro atoms. The summed E-state index contributed by atoms with van der Waals surface area (Å²) in [6.07, 6.45) is 0. The number of carbonyl (C=O) groups excluding carboxylic acids is 1. The van der Waals surface area contributed by atoms with Gasteiger partial charge in [0.05, 0.1) is 17.1 Å². The first kappa shape index (κ1) is 20.7. The number of fused-ring (bicyclic) bond motifs is 1. The number of benzene rings is 3. The minimum Gasteiger partial charge on any atom is -0.353 e. The fraction of sp³-hybridized carbons (Fsp3) is 0.179. The van der Waals surface area contributed by atoms with Gasteiger partial charge in [-0.1, -0.05) is 54.1 Å². The Labute approximate surface area is 193 Å². The van der Waals surface area contributed by atoms with Crippen molar-refractivity contribution in [1.82, 2.24) is 9.88 Å². The molecule has 1 saturated heterocycles. The lowest BCUT2D eigenvalue weighted by atomic mass is 10.0. The Morgan fingerprint density at radius 3 is 2.42 bits per heavy atom. The van der Waals surface area contributed by atoms with Crippen LogP contribution in [0.1, 0.15) is 21.5 Å². The van der Waals surface area contributed by atoms with Crippen LogP contribution in [0.4, 0.5) is 5.82 Å². The summed E-state index contributed by atoms with van der Waals surface area (Å²) in [7, 11) is 0. The molecule has 1 fully saturated rings. The Balaban J connectivity index is 1.36. The summed E-state index contributed by atoms with van der Waals surface area (Å²) >= 11 is 0. The number of piperazine rings is 1. The highest BCUT2D eigenvalue weighted by atomic mass is 16.2. The number of rotatable bonds is 3. The van der Waals surface area contributed by atoms with Crippen molar-refractivity contribution in [3.05, 3.63) is 95.6 Å². The predicted molar refractivity (Wildman–Crippen MR) is 131 cm³/mol. The fourth-order valence-corrected chi connectivity index (χ4v) is 4.32. The quantitative estimate of drug-likeness (QED) is 0.455. The summed E-state index contributed by atoms with van der Waals surface area (Å²) in [5, 5.41) is 10.2. The van der Waals surface area contributed by atoms with E-state index in [-0.39, 0.29) is 5.91 Å². The topological polar surface area (TPSA) is 60.2 Å². The summed E-state index contributed by atoms with van der Waals surface area (Å²) in [4.78, 5) is 22.0. The smallest absolute Gasteiger partial charge is 0.254 e. The molecule has 0 N–H and O–H groups in total. The molecule has 2 heterocycles. The van der Waals surface area contributed by atoms with Gasteiger partial charge >= 0.3 is 0 Å². The highest BCUT2D eigenvalue weighted by Crippen LogP contribution is 2.29. The Hall–Kier alpha value is -4.17. The minimum absolute atomic E-state index is 0.0279. The zero-order valence-corrected chi connectivity index (χ0v) is 18.5. The number of hydrogen-bond acceptors (Lipinski definition) is 4. The largest absolute Gasteiger partial charge is 0.353 e. The first-order valence-electron chi connectivity index (χ1n) is 11.1. The van der Waals surface area contributed by atoms with Crippen LogP contribution in [0.5, 0.6) is 0 Å². The fourth-order valence-electron chi connectivity index (χ4n) is 4.32. The number of hydrogen-bond donors (Lipinski definition) is 0. The van der Waals surface area contributed by atoms with Crippen LogP contribution < -0.4 is 4.90 Å². The van der Waals surface area contributed by atoms with Gasteiger partial charge in [-0.3, -0.25) is 4.79 Å². The second kappa shape index (κ2) is 8.76. The van der Waals surface area contributed by atoms with E-state index in [0.29, 0.717) is 24.2 Å². The van der Waals surface area contributed by atoms with E-state index in [1.165, 1.54) is 5.56 Å². The first-order valence-corrected chi connectivity index (χ1v) is 11.1. The number of aryl methyl sites for hydroxylation is 1. The monoisotopic (exact) mass is 432 g/mol. The summed E-state index contributed by atoms with van der Waals surface area (Å²) in [6, 6.07) is 28.0. The molecule has 162 valence electrons. The average molecular weight is 433 g/mol. The maximum Gasteiger partial charge on any atom is 0.254 e. The lowest BCUT2D eigenvalue weighted by molar-refractivity contribution is 0.0746. The Morgan fingerprint density at radius 2 is 1.67 bits per heavy atom. The Morgan fingerprint density at radius 1 is 0.909 bits per heavy atom. The maximum atomic E-state index is 12.9. The van der Waals surface area contributed by atoms with Crippen molar-refractivity contribution in [2.45, 2.75) is 6.92 Å². The third-order valence-electron chi connectivity index (χ3n) is 6.20. The Bertz CT molecular complexity index is 1360. The second-order valence-corrected chi connectivity index (χ2v) is 8.38. The van der Waals surface area contributed by atoms with E-state index < -0.39 is 0 Å². The lowest BCUT2D eigenvalue weighted by Gasteiger charge is -2.35. The van der Waals surface area contributed by atoms with E-state index in [9.17, 15) is 4.79 Å². The molecule has 1 amide bonds. The highest BCUT2D eigenvalue weighted by molar-refractivity contribution is 5.95. The van der Waals surface area contributed by atoms with Gasteiger partial charge in [-0.2, -0.15) is 5.26 Å². The molecule has 0 saturated carbocycles. The van der Waals surface area contributed by atoms with Crippen molar-refractivity contribution in [1.29, 1.82) is 5.26 Å². The molecule has 4 aromatic rings. The van der Waals surface area contributed by atoms with Crippen LogP contribution in [0.2, 0.25) is 0 Å². The third kappa shape index (κ3) is 4.16. The standard InChI is InChI=1S/C28H24N4O/c1-20-8-10-22(11-9-20)25-7-3-5-23-12-13-26(30-27(23)25)31-14-16-32(17-15-31)28(33)24-6-2-4-21(18-24)19-29/h2-13,18H,14-17H2,1H3. The van der Waals surface area contributed by atoms with Crippen molar-refractivity contribution < 1.29 is 4.79 Å². The van der Waals surface area contributed by atoms with E-state index in [2.05, 4.69) is 72.5 Å². The second-order valence-electron chi connectivity index (χ2n) is 8.38. The van der Waals surface area contributed by atoms with Gasteiger partial charge in [-0.05, 0) is 42.8 Å². The lowest BCUT2D eigenvalue weighted by Crippen LogP contribution is -2.49. The zero-order chi connectivity index (χ0) is 22.8. The number of nitriles is 1. The maximum absolute atomic E-state index is 12.9. The summed E-state index contributed by atoms with van der Waals surface area (Å²) in [6.45, 7) is 4.77. The zero-order valence-electron chi connectivity index (χ0n) is 18.5. The van der Waals surface area contributed by atoms with Gasteiger partial charge in [0.1, 0.15) is 5.82 Å². The van der Waals surface area contributed by atoms with Gasteiger partial charge in [0.15, 0.2) is 0 Å². The number of pyridine rings is 1. The summed E-state index contributed by atoms with van der Waals surface area (Å²) in [5.41, 5.74) is 5.58. The molecule has 0 radical (unpaired) electrons. The van der Waals surface area contributed by atoms with Gasteiger partial charge < -0.3 is 9.80 Å². The van der Waals surface area contributed by atoms with E-state index in [1.54, 1.807) is 24.3 Å². The Kier molecular flexibility index (Phi) is 5.50. The van der Waals surface area contributed by atoms with Crippen LogP contribution >= 0.6 is 0 Å². The molecule has 0 bridgehead atoms. The first-order chi connectivity index (χ1) is 16.1. The van der Waals surface area contributed by atoms with Crippen molar-refractivity contribution in [2.24, 2.45) is 0 Å². The number of para-hydroxylation sites is 1. The highest BCUT2D eigenvalue weighted by Gasteiger charge is 2.23. The van der Waals surface area contributed by atoms with Gasteiger partial charge in [0.2, 0.25) is 0 Å². The molecule has 1 aliphatic rings. The molecule has 0 aliphatic carbocycles. The molecule has 5 nitrogen and oxygen atoms in total. The molecule has 1 aromatic heterocycles. The summed E-state index contributed by atoms with van der Waals surface area (Å²) in [5.74, 6) is 0.903. The number of aromatic nitrogens is 1. The summed E-state index contributed by atoms with van der Waals surface area (Å²) < 4.78 is 0. The van der Waals surface area contributed by atoms with Crippen LogP contribution in [-0.2, 0) is 0 Å². The molecule has 0 unspecified atom stereocenters. The molecule has 0 atom stereocenters. The third-order valence-corrected chi connectivity index (χ3v) is 6.20. The van der Waals surface area contributed by atoms with E-state index in [0.717, 1.165) is 40.9 Å². The van der Waals surface area contributed by atoms with Crippen LogP contribution in [-0.4, -0.2) is 42.0 Å². The van der Waals surface area contributed by atoms with Gasteiger partial charge in [-0.25, -0.2) is 4.98 Å². The van der Waals surface area contributed by atoms with Crippen molar-refractivity contribution in [3.63, 3.8) is 0 Å². The van der Waals surface area contributed by atoms with E-state index >= 15 is 0 Å². The van der Waals surface area contributed by atoms with E-state index in [1.807, 2.05) is 4.90 Å². The van der Waals surface area contributed by atoms with E-state index in [4.69, 9.17) is 10.2 Å². The van der Waals surface area contributed by atoms with Gasteiger partial charge in [0, 0.05) is 42.7 Å². The number of amides is 1. The minimum atomic E-state index is -0.0279. The number of anilines is 1. The molecule has 5 rings (SSSR count). The van der Waals surface area contributed by atoms with Crippen molar-refractivity contribution in [2.75, 3.05) is 31.1 Å². The van der Waals surface area contributed by atoms with Crippen LogP contribution in [0.3, 0.4) is 0 Å². The number of carbonyl (C=O) groups is 1. The van der Waals surface area contributed by atoms with Gasteiger partial charge in [-0.15, -0.1) is 0 Å². The van der Waals surface area contributed by atoms with Crippen LogP contribution in [0.25, 0.3) is 22.0 Å². The number of nitrogens with zero attached hydrogens (tertiary/aromatic N) is 4. The van der Waals surface area contributed by atoms with Gasteiger partial charge in [0.25, 0.3) is 5.91 Å². The van der Waals surface area contributed by atoms with Crippen LogP contribution in [0, 0.1) is 18.3 Å².